The first-order valence-electron chi connectivity index (χ1n) is 8.89. The second-order valence-electron chi connectivity index (χ2n) is 6.86. The van der Waals surface area contributed by atoms with Gasteiger partial charge in [-0.2, -0.15) is 0 Å². The number of nitrogens with zero attached hydrogens (tertiary/aromatic N) is 2. The first-order valence-corrected chi connectivity index (χ1v) is 9.27. The lowest BCUT2D eigenvalue weighted by molar-refractivity contribution is -0.140. The Kier molecular flexibility index (Phi) is 5.64. The van der Waals surface area contributed by atoms with Gasteiger partial charge in [-0.3, -0.25) is 9.59 Å². The van der Waals surface area contributed by atoms with Gasteiger partial charge in [0.05, 0.1) is 12.0 Å². The Labute approximate surface area is 153 Å². The summed E-state index contributed by atoms with van der Waals surface area (Å²) in [7, 11) is 1.63. The fourth-order valence-electron chi connectivity index (χ4n) is 3.74. The first kappa shape index (κ1) is 18.2. The normalized spacial score (nSPS) is 20.2. The Morgan fingerprint density at radius 1 is 1.20 bits per heavy atom. The fraction of sp³-hybridized carbons (Fsp3) is 0.579. The molecule has 0 bridgehead atoms. The standard InChI is InChI=1S/C19H25ClN2O3/c1-25-14-13-21-11-12-22(10-7-17(21)23)18(24)19(8-2-9-19)15-3-5-16(20)6-4-15/h3-6H,2,7-14H2,1H3. The number of benzene rings is 1. The van der Waals surface area contributed by atoms with Crippen LogP contribution in [0.2, 0.25) is 5.02 Å². The van der Waals surface area contributed by atoms with E-state index in [0.29, 0.717) is 44.2 Å². The van der Waals surface area contributed by atoms with Crippen LogP contribution in [0.15, 0.2) is 24.3 Å². The molecule has 1 aliphatic carbocycles. The van der Waals surface area contributed by atoms with Crippen LogP contribution < -0.4 is 0 Å². The molecule has 0 unspecified atom stereocenters. The smallest absolute Gasteiger partial charge is 0.233 e. The van der Waals surface area contributed by atoms with Crippen molar-refractivity contribution in [3.63, 3.8) is 0 Å². The summed E-state index contributed by atoms with van der Waals surface area (Å²) >= 11 is 6.00. The minimum Gasteiger partial charge on any atom is -0.383 e. The van der Waals surface area contributed by atoms with E-state index in [1.54, 1.807) is 12.0 Å². The molecule has 6 heteroatoms. The van der Waals surface area contributed by atoms with Crippen LogP contribution in [0.1, 0.15) is 31.2 Å². The number of rotatable bonds is 5. The van der Waals surface area contributed by atoms with Crippen molar-refractivity contribution in [1.29, 1.82) is 0 Å². The predicted octanol–water partition coefficient (Wildman–Crippen LogP) is 2.47. The lowest BCUT2D eigenvalue weighted by Gasteiger charge is -2.44. The third kappa shape index (κ3) is 3.67. The Hall–Kier alpha value is -1.59. The van der Waals surface area contributed by atoms with E-state index in [4.69, 9.17) is 16.3 Å². The van der Waals surface area contributed by atoms with Gasteiger partial charge in [0, 0.05) is 44.7 Å². The third-order valence-corrected chi connectivity index (χ3v) is 5.71. The van der Waals surface area contributed by atoms with Gasteiger partial charge in [-0.15, -0.1) is 0 Å². The molecular weight excluding hydrogens is 340 g/mol. The second-order valence-corrected chi connectivity index (χ2v) is 7.29. The highest BCUT2D eigenvalue weighted by atomic mass is 35.5. The van der Waals surface area contributed by atoms with E-state index < -0.39 is 5.41 Å². The number of carbonyl (C=O) groups excluding carboxylic acids is 2. The average Bonchev–Trinajstić information content (AvgIpc) is 2.75. The van der Waals surface area contributed by atoms with Crippen LogP contribution in [-0.2, 0) is 19.7 Å². The minimum absolute atomic E-state index is 0.0986. The molecule has 3 rings (SSSR count). The molecule has 0 radical (unpaired) electrons. The van der Waals surface area contributed by atoms with E-state index in [9.17, 15) is 9.59 Å². The van der Waals surface area contributed by atoms with Crippen LogP contribution in [0, 0.1) is 0 Å². The summed E-state index contributed by atoms with van der Waals surface area (Å²) in [5.41, 5.74) is 0.606. The highest BCUT2D eigenvalue weighted by Crippen LogP contribution is 2.45. The first-order chi connectivity index (χ1) is 12.1. The molecular formula is C19H25ClN2O3. The summed E-state index contributed by atoms with van der Waals surface area (Å²) in [6.45, 7) is 2.76. The predicted molar refractivity (Wildman–Crippen MR) is 96.6 cm³/mol. The number of amides is 2. The van der Waals surface area contributed by atoms with Gasteiger partial charge in [-0.05, 0) is 30.5 Å². The Balaban J connectivity index is 1.73. The van der Waals surface area contributed by atoms with Crippen molar-refractivity contribution in [2.45, 2.75) is 31.1 Å². The molecule has 1 aromatic rings. The molecule has 0 N–H and O–H groups in total. The van der Waals surface area contributed by atoms with Gasteiger partial charge in [-0.1, -0.05) is 30.2 Å². The molecule has 25 heavy (non-hydrogen) atoms. The summed E-state index contributed by atoms with van der Waals surface area (Å²) < 4.78 is 5.07. The number of methoxy groups -OCH3 is 1. The van der Waals surface area contributed by atoms with Crippen molar-refractivity contribution in [2.75, 3.05) is 39.9 Å². The zero-order valence-electron chi connectivity index (χ0n) is 14.7. The van der Waals surface area contributed by atoms with E-state index in [1.165, 1.54) is 0 Å². The molecule has 1 saturated heterocycles. The van der Waals surface area contributed by atoms with Crippen LogP contribution in [0.5, 0.6) is 0 Å². The van der Waals surface area contributed by atoms with E-state index in [0.717, 1.165) is 24.8 Å². The maximum atomic E-state index is 13.3. The van der Waals surface area contributed by atoms with Crippen molar-refractivity contribution < 1.29 is 14.3 Å². The monoisotopic (exact) mass is 364 g/mol. The van der Waals surface area contributed by atoms with Crippen molar-refractivity contribution in [1.82, 2.24) is 9.80 Å². The maximum Gasteiger partial charge on any atom is 0.233 e. The van der Waals surface area contributed by atoms with Gasteiger partial charge in [0.25, 0.3) is 0 Å². The van der Waals surface area contributed by atoms with Crippen molar-refractivity contribution in [2.24, 2.45) is 0 Å². The average molecular weight is 365 g/mol. The van der Waals surface area contributed by atoms with Crippen molar-refractivity contribution >= 4 is 23.4 Å². The molecule has 0 atom stereocenters. The number of halogens is 1. The molecule has 136 valence electrons. The molecule has 2 fully saturated rings. The Bertz CT molecular complexity index is 628. The fourth-order valence-corrected chi connectivity index (χ4v) is 3.86. The summed E-state index contributed by atoms with van der Waals surface area (Å²) in [5, 5.41) is 0.680. The molecule has 1 saturated carbocycles. The quantitative estimate of drug-likeness (QED) is 0.806. The van der Waals surface area contributed by atoms with Crippen LogP contribution in [0.3, 0.4) is 0 Å². The number of hydrogen-bond acceptors (Lipinski definition) is 3. The highest BCUT2D eigenvalue weighted by molar-refractivity contribution is 6.30. The summed E-state index contributed by atoms with van der Waals surface area (Å²) in [6.07, 6.45) is 3.17. The maximum absolute atomic E-state index is 13.3. The molecule has 1 heterocycles. The molecule has 0 aromatic heterocycles. The Morgan fingerprint density at radius 2 is 1.92 bits per heavy atom. The summed E-state index contributed by atoms with van der Waals surface area (Å²) in [5.74, 6) is 0.254. The van der Waals surface area contributed by atoms with Gasteiger partial charge in [0.1, 0.15) is 0 Å². The molecule has 5 nitrogen and oxygen atoms in total. The van der Waals surface area contributed by atoms with Gasteiger partial charge in [-0.25, -0.2) is 0 Å². The number of ether oxygens (including phenoxy) is 1. The molecule has 0 spiro atoms. The largest absolute Gasteiger partial charge is 0.383 e. The van der Waals surface area contributed by atoms with E-state index in [-0.39, 0.29) is 11.8 Å². The topological polar surface area (TPSA) is 49.9 Å². The molecule has 2 amide bonds. The third-order valence-electron chi connectivity index (χ3n) is 5.45. The van der Waals surface area contributed by atoms with Crippen molar-refractivity contribution in [3.8, 4) is 0 Å². The lowest BCUT2D eigenvalue weighted by Crippen LogP contribution is -2.52. The zero-order chi connectivity index (χ0) is 17.9. The van der Waals surface area contributed by atoms with Gasteiger partial charge < -0.3 is 14.5 Å². The summed E-state index contributed by atoms with van der Waals surface area (Å²) in [6, 6.07) is 7.63. The van der Waals surface area contributed by atoms with Crippen LogP contribution in [-0.4, -0.2) is 61.5 Å². The molecule has 1 aliphatic heterocycles. The second kappa shape index (κ2) is 7.75. The van der Waals surface area contributed by atoms with E-state index in [1.807, 2.05) is 29.2 Å². The minimum atomic E-state index is -0.435. The van der Waals surface area contributed by atoms with Crippen LogP contribution >= 0.6 is 11.6 Å². The Morgan fingerprint density at radius 3 is 2.52 bits per heavy atom. The van der Waals surface area contributed by atoms with E-state index >= 15 is 0 Å². The molecule has 1 aromatic carbocycles. The van der Waals surface area contributed by atoms with Gasteiger partial charge >= 0.3 is 0 Å². The van der Waals surface area contributed by atoms with Crippen molar-refractivity contribution in [3.05, 3.63) is 34.9 Å². The van der Waals surface area contributed by atoms with Gasteiger partial charge in [0.2, 0.25) is 11.8 Å². The zero-order valence-corrected chi connectivity index (χ0v) is 15.4. The SMILES string of the molecule is COCCN1CCN(C(=O)C2(c3ccc(Cl)cc3)CCC2)CCC1=O. The number of hydrogen-bond donors (Lipinski definition) is 0. The lowest BCUT2D eigenvalue weighted by atomic mass is 9.63. The highest BCUT2D eigenvalue weighted by Gasteiger charge is 2.47. The molecule has 2 aliphatic rings. The van der Waals surface area contributed by atoms with E-state index in [2.05, 4.69) is 0 Å². The number of carbonyl (C=O) groups is 2. The van der Waals surface area contributed by atoms with Crippen LogP contribution in [0.25, 0.3) is 0 Å². The van der Waals surface area contributed by atoms with Gasteiger partial charge in [0.15, 0.2) is 0 Å². The summed E-state index contributed by atoms with van der Waals surface area (Å²) in [4.78, 5) is 29.2. The van der Waals surface area contributed by atoms with Crippen LogP contribution in [0.4, 0.5) is 0 Å².